The Morgan fingerprint density at radius 3 is 2.81 bits per heavy atom. The highest BCUT2D eigenvalue weighted by atomic mass is 32.2. The summed E-state index contributed by atoms with van der Waals surface area (Å²) in [5.41, 5.74) is 0. The minimum Gasteiger partial charge on any atom is -0.480 e. The summed E-state index contributed by atoms with van der Waals surface area (Å²) >= 11 is 1.72. The zero-order chi connectivity index (χ0) is 12.0. The second-order valence-corrected chi connectivity index (χ2v) is 5.28. The summed E-state index contributed by atoms with van der Waals surface area (Å²) in [6.07, 6.45) is 2.89. The molecule has 0 aromatic carbocycles. The van der Waals surface area contributed by atoms with Gasteiger partial charge < -0.3 is 10.0 Å². The average molecular weight is 245 g/mol. The maximum absolute atomic E-state index is 11.8. The van der Waals surface area contributed by atoms with Crippen LogP contribution in [-0.2, 0) is 9.59 Å². The molecule has 0 aliphatic carbocycles. The summed E-state index contributed by atoms with van der Waals surface area (Å²) in [7, 11) is 0. The maximum atomic E-state index is 11.8. The van der Waals surface area contributed by atoms with Gasteiger partial charge in [0.1, 0.15) is 6.04 Å². The number of amides is 1. The molecule has 5 heteroatoms. The van der Waals surface area contributed by atoms with Crippen molar-refractivity contribution in [1.29, 1.82) is 0 Å². The Bertz CT molecular complexity index is 258. The van der Waals surface area contributed by atoms with Gasteiger partial charge in [-0.25, -0.2) is 4.79 Å². The Hall–Kier alpha value is -0.710. The average Bonchev–Trinajstić information content (AvgIpc) is 2.29. The molecule has 1 amide bonds. The zero-order valence-corrected chi connectivity index (χ0v) is 10.5. The number of piperidine rings is 1. The lowest BCUT2D eigenvalue weighted by Crippen LogP contribution is -2.48. The van der Waals surface area contributed by atoms with Crippen LogP contribution in [0.1, 0.15) is 32.6 Å². The second kappa shape index (κ2) is 6.78. The Labute approximate surface area is 100 Å². The quantitative estimate of drug-likeness (QED) is 0.747. The van der Waals surface area contributed by atoms with Crippen molar-refractivity contribution in [2.24, 2.45) is 0 Å². The van der Waals surface area contributed by atoms with Crippen molar-refractivity contribution in [2.45, 2.75) is 38.6 Å². The molecule has 0 radical (unpaired) electrons. The molecule has 1 rings (SSSR count). The van der Waals surface area contributed by atoms with Gasteiger partial charge in [-0.2, -0.15) is 11.8 Å². The van der Waals surface area contributed by atoms with Crippen LogP contribution in [0.3, 0.4) is 0 Å². The monoisotopic (exact) mass is 245 g/mol. The van der Waals surface area contributed by atoms with Gasteiger partial charge in [-0.1, -0.05) is 6.92 Å². The van der Waals surface area contributed by atoms with Gasteiger partial charge in [0.05, 0.1) is 0 Å². The van der Waals surface area contributed by atoms with Gasteiger partial charge in [-0.05, 0) is 25.0 Å². The minimum absolute atomic E-state index is 0.00644. The van der Waals surface area contributed by atoms with Crippen LogP contribution in [0.25, 0.3) is 0 Å². The number of thioether (sulfide) groups is 1. The Morgan fingerprint density at radius 2 is 2.19 bits per heavy atom. The molecule has 92 valence electrons. The van der Waals surface area contributed by atoms with Gasteiger partial charge in [0, 0.05) is 18.7 Å². The van der Waals surface area contributed by atoms with Gasteiger partial charge in [-0.15, -0.1) is 0 Å². The van der Waals surface area contributed by atoms with E-state index in [1.54, 1.807) is 16.7 Å². The molecular weight excluding hydrogens is 226 g/mol. The molecule has 0 aromatic heterocycles. The van der Waals surface area contributed by atoms with Crippen molar-refractivity contribution >= 4 is 23.6 Å². The van der Waals surface area contributed by atoms with Crippen LogP contribution in [0.5, 0.6) is 0 Å². The molecule has 0 spiro atoms. The summed E-state index contributed by atoms with van der Waals surface area (Å²) < 4.78 is 0. The van der Waals surface area contributed by atoms with Crippen LogP contribution in [0.4, 0.5) is 0 Å². The van der Waals surface area contributed by atoms with Crippen molar-refractivity contribution < 1.29 is 14.7 Å². The fourth-order valence-corrected chi connectivity index (χ4v) is 2.54. The zero-order valence-electron chi connectivity index (χ0n) is 9.65. The number of hydrogen-bond donors (Lipinski definition) is 1. The van der Waals surface area contributed by atoms with E-state index in [4.69, 9.17) is 5.11 Å². The van der Waals surface area contributed by atoms with E-state index in [2.05, 4.69) is 6.92 Å². The van der Waals surface area contributed by atoms with Crippen molar-refractivity contribution in [3.05, 3.63) is 0 Å². The summed E-state index contributed by atoms with van der Waals surface area (Å²) in [6.45, 7) is 2.66. The maximum Gasteiger partial charge on any atom is 0.326 e. The van der Waals surface area contributed by atoms with Crippen molar-refractivity contribution in [1.82, 2.24) is 4.90 Å². The van der Waals surface area contributed by atoms with E-state index >= 15 is 0 Å². The van der Waals surface area contributed by atoms with Gasteiger partial charge >= 0.3 is 5.97 Å². The Kier molecular flexibility index (Phi) is 5.66. The number of aliphatic carboxylic acids is 1. The molecule has 1 atom stereocenters. The van der Waals surface area contributed by atoms with Gasteiger partial charge in [0.25, 0.3) is 0 Å². The third-order valence-corrected chi connectivity index (χ3v) is 3.67. The molecule has 4 nitrogen and oxygen atoms in total. The summed E-state index contributed by atoms with van der Waals surface area (Å²) in [6, 6.07) is -0.590. The lowest BCUT2D eigenvalue weighted by atomic mass is 10.0. The first kappa shape index (κ1) is 13.4. The molecular formula is C11H19NO3S. The van der Waals surface area contributed by atoms with E-state index in [1.165, 1.54) is 0 Å². The van der Waals surface area contributed by atoms with Gasteiger partial charge in [0.2, 0.25) is 5.91 Å². The molecule has 1 N–H and O–H groups in total. The number of carboxylic acid groups (broad SMARTS) is 1. The first-order chi connectivity index (χ1) is 7.66. The number of hydrogen-bond acceptors (Lipinski definition) is 3. The molecule has 0 unspecified atom stereocenters. The number of nitrogens with zero attached hydrogens (tertiary/aromatic N) is 1. The molecule has 16 heavy (non-hydrogen) atoms. The van der Waals surface area contributed by atoms with E-state index in [-0.39, 0.29) is 5.91 Å². The van der Waals surface area contributed by atoms with Crippen LogP contribution in [-0.4, -0.2) is 46.0 Å². The molecule has 1 heterocycles. The fraction of sp³-hybridized carbons (Fsp3) is 0.818. The normalized spacial score (nSPS) is 20.8. The predicted molar refractivity (Wildman–Crippen MR) is 64.6 cm³/mol. The van der Waals surface area contributed by atoms with E-state index in [0.29, 0.717) is 19.4 Å². The lowest BCUT2D eigenvalue weighted by Gasteiger charge is -2.33. The first-order valence-electron chi connectivity index (χ1n) is 5.76. The Balaban J connectivity index is 2.47. The molecule has 1 fully saturated rings. The molecule has 1 aliphatic rings. The minimum atomic E-state index is -0.865. The molecule has 1 saturated heterocycles. The Morgan fingerprint density at radius 1 is 1.44 bits per heavy atom. The summed E-state index contributed by atoms with van der Waals surface area (Å²) in [5, 5.41) is 9.03. The molecule has 0 bridgehead atoms. The SMILES string of the molecule is CCSCCC(=O)N1CCCC[C@@H]1C(=O)O. The van der Waals surface area contributed by atoms with E-state index in [0.717, 1.165) is 24.3 Å². The molecule has 1 aliphatic heterocycles. The highest BCUT2D eigenvalue weighted by Crippen LogP contribution is 2.18. The number of carbonyl (C=O) groups is 2. The second-order valence-electron chi connectivity index (χ2n) is 3.88. The van der Waals surface area contributed by atoms with Crippen LogP contribution in [0, 0.1) is 0 Å². The topological polar surface area (TPSA) is 57.6 Å². The summed E-state index contributed by atoms with van der Waals surface area (Å²) in [4.78, 5) is 24.4. The standard InChI is InChI=1S/C11H19NO3S/c1-2-16-8-6-10(13)12-7-4-3-5-9(12)11(14)15/h9H,2-8H2,1H3,(H,14,15)/t9-/m1/s1. The highest BCUT2D eigenvalue weighted by Gasteiger charge is 2.31. The van der Waals surface area contributed by atoms with E-state index in [1.807, 2.05) is 0 Å². The smallest absolute Gasteiger partial charge is 0.326 e. The third-order valence-electron chi connectivity index (χ3n) is 2.77. The van der Waals surface area contributed by atoms with Crippen molar-refractivity contribution in [3.8, 4) is 0 Å². The van der Waals surface area contributed by atoms with Crippen molar-refractivity contribution in [3.63, 3.8) is 0 Å². The van der Waals surface area contributed by atoms with E-state index < -0.39 is 12.0 Å². The number of rotatable bonds is 5. The predicted octanol–water partition coefficient (Wildman–Crippen LogP) is 1.60. The number of carboxylic acids is 1. The van der Waals surface area contributed by atoms with Crippen LogP contribution >= 0.6 is 11.8 Å². The highest BCUT2D eigenvalue weighted by molar-refractivity contribution is 7.99. The van der Waals surface area contributed by atoms with Crippen LogP contribution < -0.4 is 0 Å². The molecule has 0 aromatic rings. The fourth-order valence-electron chi connectivity index (χ4n) is 1.93. The largest absolute Gasteiger partial charge is 0.480 e. The third kappa shape index (κ3) is 3.70. The van der Waals surface area contributed by atoms with Gasteiger partial charge in [-0.3, -0.25) is 4.79 Å². The first-order valence-corrected chi connectivity index (χ1v) is 6.92. The van der Waals surface area contributed by atoms with Gasteiger partial charge in [0.15, 0.2) is 0 Å². The molecule has 0 saturated carbocycles. The van der Waals surface area contributed by atoms with Crippen LogP contribution in [0.2, 0.25) is 0 Å². The number of carbonyl (C=O) groups excluding carboxylic acids is 1. The van der Waals surface area contributed by atoms with E-state index in [9.17, 15) is 9.59 Å². The van der Waals surface area contributed by atoms with Crippen molar-refractivity contribution in [2.75, 3.05) is 18.1 Å². The summed E-state index contributed by atoms with van der Waals surface area (Å²) in [5.74, 6) is 0.914. The van der Waals surface area contributed by atoms with Crippen LogP contribution in [0.15, 0.2) is 0 Å². The lowest BCUT2D eigenvalue weighted by molar-refractivity contribution is -0.151. The number of likely N-dealkylation sites (tertiary alicyclic amines) is 1.